The first-order chi connectivity index (χ1) is 12.0. The third-order valence-corrected chi connectivity index (χ3v) is 4.83. The van der Waals surface area contributed by atoms with Crippen LogP contribution in [0.1, 0.15) is 44.1 Å². The Labute approximate surface area is 148 Å². The normalized spacial score (nSPS) is 21.1. The number of amides is 3. The van der Waals surface area contributed by atoms with E-state index in [4.69, 9.17) is 4.42 Å². The standard InChI is InChI=1S/C18H28N4O3/c1-13(2)19-17(23)12-21-7-9-22(10-8-21)18(24)20-15-4-3-5-16-14(15)6-11-25-16/h6,11,13,15H,3-5,7-10,12H2,1-2H3,(H,19,23)(H,20,24). The Balaban J connectivity index is 1.46. The zero-order chi connectivity index (χ0) is 17.8. The monoisotopic (exact) mass is 348 g/mol. The van der Waals surface area contributed by atoms with Crippen molar-refractivity contribution >= 4 is 11.9 Å². The van der Waals surface area contributed by atoms with Crippen LogP contribution in [0.3, 0.4) is 0 Å². The van der Waals surface area contributed by atoms with Gasteiger partial charge in [0.25, 0.3) is 0 Å². The summed E-state index contributed by atoms with van der Waals surface area (Å²) in [6.45, 7) is 7.04. The van der Waals surface area contributed by atoms with Crippen molar-refractivity contribution in [3.05, 3.63) is 23.7 Å². The van der Waals surface area contributed by atoms with Crippen molar-refractivity contribution in [3.63, 3.8) is 0 Å². The van der Waals surface area contributed by atoms with Crippen LogP contribution in [-0.2, 0) is 11.2 Å². The molecule has 3 amide bonds. The summed E-state index contributed by atoms with van der Waals surface area (Å²) in [6, 6.07) is 2.14. The first-order valence-corrected chi connectivity index (χ1v) is 9.16. The van der Waals surface area contributed by atoms with Crippen LogP contribution in [0.2, 0.25) is 0 Å². The smallest absolute Gasteiger partial charge is 0.317 e. The van der Waals surface area contributed by atoms with Gasteiger partial charge in [0.05, 0.1) is 18.8 Å². The molecule has 1 aromatic rings. The van der Waals surface area contributed by atoms with E-state index in [1.165, 1.54) is 0 Å². The number of nitrogens with zero attached hydrogens (tertiary/aromatic N) is 2. The Morgan fingerprint density at radius 2 is 2.04 bits per heavy atom. The van der Waals surface area contributed by atoms with Crippen LogP contribution in [0, 0.1) is 0 Å². The number of furan rings is 1. The van der Waals surface area contributed by atoms with E-state index in [1.54, 1.807) is 6.26 Å². The molecule has 0 spiro atoms. The predicted octanol–water partition coefficient (Wildman–Crippen LogP) is 1.51. The van der Waals surface area contributed by atoms with Crippen LogP contribution >= 0.6 is 0 Å². The number of aryl methyl sites for hydroxylation is 1. The molecule has 2 heterocycles. The quantitative estimate of drug-likeness (QED) is 0.865. The zero-order valence-electron chi connectivity index (χ0n) is 15.1. The third-order valence-electron chi connectivity index (χ3n) is 4.83. The van der Waals surface area contributed by atoms with Crippen molar-refractivity contribution in [1.82, 2.24) is 20.4 Å². The van der Waals surface area contributed by atoms with Crippen LogP contribution in [0.25, 0.3) is 0 Å². The lowest BCUT2D eigenvalue weighted by Crippen LogP contribution is -2.54. The summed E-state index contributed by atoms with van der Waals surface area (Å²) >= 11 is 0. The maximum atomic E-state index is 12.6. The largest absolute Gasteiger partial charge is 0.469 e. The lowest BCUT2D eigenvalue weighted by Gasteiger charge is -2.35. The second-order valence-electron chi connectivity index (χ2n) is 7.18. The maximum Gasteiger partial charge on any atom is 0.317 e. The summed E-state index contributed by atoms with van der Waals surface area (Å²) < 4.78 is 5.48. The molecule has 7 nitrogen and oxygen atoms in total. The van der Waals surface area contributed by atoms with Crippen molar-refractivity contribution in [2.24, 2.45) is 0 Å². The van der Waals surface area contributed by atoms with Gasteiger partial charge in [0.2, 0.25) is 5.91 Å². The van der Waals surface area contributed by atoms with Gasteiger partial charge < -0.3 is 20.0 Å². The fraction of sp³-hybridized carbons (Fsp3) is 0.667. The highest BCUT2D eigenvalue weighted by atomic mass is 16.3. The molecule has 1 aromatic heterocycles. The number of piperazine rings is 1. The van der Waals surface area contributed by atoms with E-state index in [0.29, 0.717) is 19.6 Å². The minimum Gasteiger partial charge on any atom is -0.469 e. The number of carbonyl (C=O) groups is 2. The van der Waals surface area contributed by atoms with Crippen LogP contribution < -0.4 is 10.6 Å². The predicted molar refractivity (Wildman–Crippen MR) is 94.2 cm³/mol. The highest BCUT2D eigenvalue weighted by Crippen LogP contribution is 2.30. The molecule has 2 aliphatic rings. The molecule has 1 aliphatic carbocycles. The molecule has 1 saturated heterocycles. The van der Waals surface area contributed by atoms with Gasteiger partial charge in [0.1, 0.15) is 5.76 Å². The molecule has 1 unspecified atom stereocenters. The average molecular weight is 348 g/mol. The van der Waals surface area contributed by atoms with E-state index in [9.17, 15) is 9.59 Å². The minimum atomic E-state index is -0.0228. The van der Waals surface area contributed by atoms with Crippen molar-refractivity contribution < 1.29 is 14.0 Å². The van der Waals surface area contributed by atoms with E-state index >= 15 is 0 Å². The van der Waals surface area contributed by atoms with Gasteiger partial charge in [0.15, 0.2) is 0 Å². The SMILES string of the molecule is CC(C)NC(=O)CN1CCN(C(=O)NC2CCCc3occc32)CC1. The summed E-state index contributed by atoms with van der Waals surface area (Å²) in [6.07, 6.45) is 4.64. The Morgan fingerprint density at radius 1 is 1.28 bits per heavy atom. The van der Waals surface area contributed by atoms with E-state index in [0.717, 1.165) is 43.7 Å². The van der Waals surface area contributed by atoms with Crippen molar-refractivity contribution in [2.45, 2.75) is 45.2 Å². The average Bonchev–Trinajstić information content (AvgIpc) is 3.04. The summed E-state index contributed by atoms with van der Waals surface area (Å²) in [5, 5.41) is 6.04. The van der Waals surface area contributed by atoms with Crippen molar-refractivity contribution in [1.29, 1.82) is 0 Å². The molecule has 0 aromatic carbocycles. The summed E-state index contributed by atoms with van der Waals surface area (Å²) in [5.74, 6) is 1.04. The number of carbonyl (C=O) groups excluding carboxylic acids is 2. The molecule has 1 fully saturated rings. The molecule has 138 valence electrons. The van der Waals surface area contributed by atoms with Crippen LogP contribution in [0.5, 0.6) is 0 Å². The molecule has 1 atom stereocenters. The third kappa shape index (κ3) is 4.54. The van der Waals surface area contributed by atoms with Gasteiger partial charge in [-0.25, -0.2) is 4.79 Å². The molecule has 3 rings (SSSR count). The van der Waals surface area contributed by atoms with E-state index < -0.39 is 0 Å². The lowest BCUT2D eigenvalue weighted by atomic mass is 9.93. The highest BCUT2D eigenvalue weighted by molar-refractivity contribution is 5.78. The highest BCUT2D eigenvalue weighted by Gasteiger charge is 2.27. The summed E-state index contributed by atoms with van der Waals surface area (Å²) in [5.41, 5.74) is 1.11. The molecule has 1 aliphatic heterocycles. The zero-order valence-corrected chi connectivity index (χ0v) is 15.1. The Bertz CT molecular complexity index is 605. The van der Waals surface area contributed by atoms with Gasteiger partial charge in [-0.05, 0) is 32.8 Å². The van der Waals surface area contributed by atoms with Crippen LogP contribution in [-0.4, -0.2) is 60.5 Å². The molecular weight excluding hydrogens is 320 g/mol. The fourth-order valence-corrected chi connectivity index (χ4v) is 3.56. The Hall–Kier alpha value is -2.02. The summed E-state index contributed by atoms with van der Waals surface area (Å²) in [7, 11) is 0. The minimum absolute atomic E-state index is 0.0228. The number of hydrogen-bond acceptors (Lipinski definition) is 4. The molecule has 0 radical (unpaired) electrons. The number of nitrogens with one attached hydrogen (secondary N) is 2. The van der Waals surface area contributed by atoms with Crippen molar-refractivity contribution in [2.75, 3.05) is 32.7 Å². The lowest BCUT2D eigenvalue weighted by molar-refractivity contribution is -0.123. The topological polar surface area (TPSA) is 77.8 Å². The first-order valence-electron chi connectivity index (χ1n) is 9.16. The van der Waals surface area contributed by atoms with Gasteiger partial charge in [-0.3, -0.25) is 9.69 Å². The Kier molecular flexibility index (Phi) is 5.63. The van der Waals surface area contributed by atoms with Gasteiger partial charge >= 0.3 is 6.03 Å². The molecule has 0 bridgehead atoms. The fourth-order valence-electron chi connectivity index (χ4n) is 3.56. The molecule has 7 heteroatoms. The second kappa shape index (κ2) is 7.91. The maximum absolute atomic E-state index is 12.6. The second-order valence-corrected chi connectivity index (χ2v) is 7.18. The van der Waals surface area contributed by atoms with Crippen LogP contribution in [0.15, 0.2) is 16.7 Å². The molecule has 2 N–H and O–H groups in total. The summed E-state index contributed by atoms with van der Waals surface area (Å²) in [4.78, 5) is 28.3. The van der Waals surface area contributed by atoms with Crippen LogP contribution in [0.4, 0.5) is 4.79 Å². The van der Waals surface area contributed by atoms with Gasteiger partial charge in [-0.2, -0.15) is 0 Å². The van der Waals surface area contributed by atoms with Gasteiger partial charge in [-0.15, -0.1) is 0 Å². The number of urea groups is 1. The van der Waals surface area contributed by atoms with E-state index in [2.05, 4.69) is 15.5 Å². The number of hydrogen-bond donors (Lipinski definition) is 2. The molecular formula is C18H28N4O3. The number of fused-ring (bicyclic) bond motifs is 1. The van der Waals surface area contributed by atoms with Crippen molar-refractivity contribution in [3.8, 4) is 0 Å². The first kappa shape index (κ1) is 17.8. The Morgan fingerprint density at radius 3 is 2.76 bits per heavy atom. The number of rotatable bonds is 4. The van der Waals surface area contributed by atoms with Gasteiger partial charge in [-0.1, -0.05) is 0 Å². The van der Waals surface area contributed by atoms with E-state index in [1.807, 2.05) is 24.8 Å². The van der Waals surface area contributed by atoms with Gasteiger partial charge in [0, 0.05) is 44.2 Å². The van der Waals surface area contributed by atoms with E-state index in [-0.39, 0.29) is 24.0 Å². The molecule has 0 saturated carbocycles. The molecule has 25 heavy (non-hydrogen) atoms.